The molecule has 2 aromatic rings. The molecule has 0 saturated heterocycles. The lowest BCUT2D eigenvalue weighted by molar-refractivity contribution is 0.0369. The zero-order valence-electron chi connectivity index (χ0n) is 9.55. The predicted octanol–water partition coefficient (Wildman–Crippen LogP) is 2.05. The number of methoxy groups -OCH3 is 1. The first-order valence-electron chi connectivity index (χ1n) is 5.50. The second kappa shape index (κ2) is 3.82. The molecule has 0 bridgehead atoms. The summed E-state index contributed by atoms with van der Waals surface area (Å²) in [6.45, 7) is 0.611. The van der Waals surface area contributed by atoms with E-state index < -0.39 is 5.60 Å². The van der Waals surface area contributed by atoms with Gasteiger partial charge in [0.05, 0.1) is 23.9 Å². The summed E-state index contributed by atoms with van der Waals surface area (Å²) in [7, 11) is 1.71. The molecule has 1 aromatic carbocycles. The Bertz CT molecular complexity index is 599. The van der Waals surface area contributed by atoms with Crippen molar-refractivity contribution in [2.45, 2.75) is 5.60 Å². The first kappa shape index (κ1) is 10.2. The minimum atomic E-state index is -0.450. The van der Waals surface area contributed by atoms with Crippen LogP contribution in [0.2, 0.25) is 0 Å². The zero-order valence-corrected chi connectivity index (χ0v) is 9.55. The molecule has 0 amide bonds. The summed E-state index contributed by atoms with van der Waals surface area (Å²) < 4.78 is 5.66. The highest BCUT2D eigenvalue weighted by Crippen LogP contribution is 2.30. The van der Waals surface area contributed by atoms with E-state index in [1.54, 1.807) is 19.7 Å². The van der Waals surface area contributed by atoms with Crippen LogP contribution >= 0.6 is 0 Å². The Morgan fingerprint density at radius 1 is 1.41 bits per heavy atom. The summed E-state index contributed by atoms with van der Waals surface area (Å²) in [5, 5.41) is 0. The number of hydrogen-bond acceptors (Lipinski definition) is 3. The molecular weight excluding hydrogens is 214 g/mol. The molecule has 0 fully saturated rings. The fourth-order valence-electron chi connectivity index (χ4n) is 2.14. The van der Waals surface area contributed by atoms with E-state index in [9.17, 15) is 0 Å². The van der Waals surface area contributed by atoms with Crippen molar-refractivity contribution in [3.63, 3.8) is 0 Å². The molecule has 2 heterocycles. The SMILES string of the molecule is COC1(c2ccc3nc[nH]c3c2)C=CC=NC1. The van der Waals surface area contributed by atoms with Crippen molar-refractivity contribution in [1.29, 1.82) is 0 Å². The van der Waals surface area contributed by atoms with Crippen molar-refractivity contribution < 1.29 is 4.74 Å². The van der Waals surface area contributed by atoms with Crippen LogP contribution in [-0.4, -0.2) is 29.8 Å². The fourth-order valence-corrected chi connectivity index (χ4v) is 2.14. The van der Waals surface area contributed by atoms with Crippen molar-refractivity contribution in [2.75, 3.05) is 13.7 Å². The summed E-state index contributed by atoms with van der Waals surface area (Å²) in [5.74, 6) is 0. The topological polar surface area (TPSA) is 50.3 Å². The maximum Gasteiger partial charge on any atom is 0.131 e. The number of H-pyrrole nitrogens is 1. The number of hydrogen-bond donors (Lipinski definition) is 1. The lowest BCUT2D eigenvalue weighted by Crippen LogP contribution is -2.31. The molecule has 3 rings (SSSR count). The number of rotatable bonds is 2. The number of fused-ring (bicyclic) bond motifs is 1. The van der Waals surface area contributed by atoms with Crippen molar-refractivity contribution in [1.82, 2.24) is 9.97 Å². The fraction of sp³-hybridized carbons (Fsp3) is 0.231. The Morgan fingerprint density at radius 2 is 2.35 bits per heavy atom. The summed E-state index contributed by atoms with van der Waals surface area (Å²) in [4.78, 5) is 11.6. The highest BCUT2D eigenvalue weighted by Gasteiger charge is 2.30. The Hall–Kier alpha value is -1.94. The largest absolute Gasteiger partial charge is 0.367 e. The first-order valence-corrected chi connectivity index (χ1v) is 5.50. The summed E-state index contributed by atoms with van der Waals surface area (Å²) in [6.07, 6.45) is 7.45. The number of allylic oxidation sites excluding steroid dienone is 1. The van der Waals surface area contributed by atoms with E-state index in [4.69, 9.17) is 4.74 Å². The van der Waals surface area contributed by atoms with Gasteiger partial charge >= 0.3 is 0 Å². The van der Waals surface area contributed by atoms with Gasteiger partial charge < -0.3 is 9.72 Å². The van der Waals surface area contributed by atoms with Crippen LogP contribution in [0.1, 0.15) is 5.56 Å². The predicted molar refractivity (Wildman–Crippen MR) is 67.3 cm³/mol. The molecule has 1 atom stereocenters. The van der Waals surface area contributed by atoms with Crippen LogP contribution in [-0.2, 0) is 10.3 Å². The standard InChI is InChI=1S/C13H13N3O/c1-17-13(5-2-6-14-8-13)10-3-4-11-12(7-10)16-9-15-11/h2-7,9H,8H2,1H3,(H,15,16). The van der Waals surface area contributed by atoms with E-state index >= 15 is 0 Å². The number of aromatic nitrogens is 2. The molecule has 0 radical (unpaired) electrons. The van der Waals surface area contributed by atoms with Crippen LogP contribution in [0.3, 0.4) is 0 Å². The first-order chi connectivity index (χ1) is 8.34. The minimum absolute atomic E-state index is 0.450. The van der Waals surface area contributed by atoms with Gasteiger partial charge in [-0.3, -0.25) is 4.99 Å². The third-order valence-corrected chi connectivity index (χ3v) is 3.16. The average Bonchev–Trinajstić information content (AvgIpc) is 2.86. The van der Waals surface area contributed by atoms with E-state index in [1.165, 1.54) is 0 Å². The van der Waals surface area contributed by atoms with Gasteiger partial charge in [0.2, 0.25) is 0 Å². The molecule has 0 aliphatic carbocycles. The van der Waals surface area contributed by atoms with Gasteiger partial charge in [0.1, 0.15) is 5.60 Å². The number of nitrogens with one attached hydrogen (secondary N) is 1. The highest BCUT2D eigenvalue weighted by atomic mass is 16.5. The van der Waals surface area contributed by atoms with Crippen LogP contribution in [0.25, 0.3) is 11.0 Å². The summed E-state index contributed by atoms with van der Waals surface area (Å²) in [6, 6.07) is 6.10. The quantitative estimate of drug-likeness (QED) is 0.853. The van der Waals surface area contributed by atoms with Crippen LogP contribution in [0.4, 0.5) is 0 Å². The third kappa shape index (κ3) is 1.57. The van der Waals surface area contributed by atoms with Gasteiger partial charge in [-0.1, -0.05) is 6.07 Å². The number of aromatic amines is 1. The molecule has 4 heteroatoms. The van der Waals surface area contributed by atoms with Gasteiger partial charge in [0, 0.05) is 13.3 Å². The second-order valence-electron chi connectivity index (χ2n) is 4.08. The molecular formula is C13H13N3O. The number of nitrogens with zero attached hydrogens (tertiary/aromatic N) is 2. The molecule has 1 aliphatic heterocycles. The number of benzene rings is 1. The Kier molecular flexibility index (Phi) is 2.30. The van der Waals surface area contributed by atoms with Gasteiger partial charge in [0.15, 0.2) is 0 Å². The molecule has 1 N–H and O–H groups in total. The van der Waals surface area contributed by atoms with Gasteiger partial charge in [-0.25, -0.2) is 4.98 Å². The van der Waals surface area contributed by atoms with Crippen LogP contribution in [0.5, 0.6) is 0 Å². The van der Waals surface area contributed by atoms with E-state index in [1.807, 2.05) is 24.3 Å². The highest BCUT2D eigenvalue weighted by molar-refractivity contribution is 5.76. The van der Waals surface area contributed by atoms with E-state index in [2.05, 4.69) is 21.0 Å². The van der Waals surface area contributed by atoms with E-state index in [0.29, 0.717) is 6.54 Å². The van der Waals surface area contributed by atoms with E-state index in [0.717, 1.165) is 16.6 Å². The van der Waals surface area contributed by atoms with Crippen molar-refractivity contribution >= 4 is 17.2 Å². The molecule has 0 saturated carbocycles. The van der Waals surface area contributed by atoms with Gasteiger partial charge in [-0.05, 0) is 29.8 Å². The van der Waals surface area contributed by atoms with E-state index in [-0.39, 0.29) is 0 Å². The summed E-state index contributed by atoms with van der Waals surface area (Å²) >= 11 is 0. The number of dihydropyridines is 1. The normalized spacial score (nSPS) is 23.4. The average molecular weight is 227 g/mol. The molecule has 0 spiro atoms. The molecule has 1 unspecified atom stereocenters. The smallest absolute Gasteiger partial charge is 0.131 e. The molecule has 1 aliphatic rings. The third-order valence-electron chi connectivity index (χ3n) is 3.16. The Labute approximate surface area is 99.0 Å². The van der Waals surface area contributed by atoms with Crippen LogP contribution < -0.4 is 0 Å². The van der Waals surface area contributed by atoms with Crippen LogP contribution in [0, 0.1) is 0 Å². The molecule has 86 valence electrons. The molecule has 4 nitrogen and oxygen atoms in total. The number of imidazole rings is 1. The Morgan fingerprint density at radius 3 is 3.12 bits per heavy atom. The van der Waals surface area contributed by atoms with Gasteiger partial charge in [-0.2, -0.15) is 0 Å². The lowest BCUT2D eigenvalue weighted by atomic mass is 9.91. The van der Waals surface area contributed by atoms with Crippen molar-refractivity contribution in [3.8, 4) is 0 Å². The maximum absolute atomic E-state index is 5.66. The van der Waals surface area contributed by atoms with Crippen molar-refractivity contribution in [2.24, 2.45) is 4.99 Å². The maximum atomic E-state index is 5.66. The Balaban J connectivity index is 2.12. The number of ether oxygens (including phenoxy) is 1. The monoisotopic (exact) mass is 227 g/mol. The molecule has 17 heavy (non-hydrogen) atoms. The van der Waals surface area contributed by atoms with Crippen molar-refractivity contribution in [3.05, 3.63) is 42.2 Å². The minimum Gasteiger partial charge on any atom is -0.367 e. The zero-order chi connectivity index (χ0) is 11.7. The van der Waals surface area contributed by atoms with Gasteiger partial charge in [0.25, 0.3) is 0 Å². The summed E-state index contributed by atoms with van der Waals surface area (Å²) in [5.41, 5.74) is 2.61. The van der Waals surface area contributed by atoms with Gasteiger partial charge in [-0.15, -0.1) is 0 Å². The molecule has 1 aromatic heterocycles. The van der Waals surface area contributed by atoms with Crippen LogP contribution in [0.15, 0.2) is 41.7 Å². The lowest BCUT2D eigenvalue weighted by Gasteiger charge is -2.29. The number of aliphatic imine (C=N–C) groups is 1. The second-order valence-corrected chi connectivity index (χ2v) is 4.08.